The van der Waals surface area contributed by atoms with Crippen LogP contribution in [0.3, 0.4) is 0 Å². The lowest BCUT2D eigenvalue weighted by Gasteiger charge is -2.14. The number of nitrogens with zero attached hydrogens (tertiary/aromatic N) is 2. The highest BCUT2D eigenvalue weighted by Crippen LogP contribution is 2.37. The number of aliphatic hydroxyl groups is 1. The highest BCUT2D eigenvalue weighted by Gasteiger charge is 2.42. The van der Waals surface area contributed by atoms with Crippen molar-refractivity contribution in [2.75, 3.05) is 11.9 Å². The summed E-state index contributed by atoms with van der Waals surface area (Å²) in [5.41, 5.74) is 0.926. The molecule has 1 aromatic heterocycles. The summed E-state index contributed by atoms with van der Waals surface area (Å²) in [5.74, 6) is 0.823. The largest absolute Gasteiger partial charge is 0.394 e. The standard InChI is InChI=1S/C10H15N3O/c1-2-8-5-9(12-7-11-8)13-10(6-14)3-4-10/h5,7,14H,2-4,6H2,1H3,(H,11,12,13). The molecule has 4 heteroatoms. The van der Waals surface area contributed by atoms with Gasteiger partial charge >= 0.3 is 0 Å². The van der Waals surface area contributed by atoms with Crippen molar-refractivity contribution in [2.24, 2.45) is 0 Å². The van der Waals surface area contributed by atoms with E-state index in [1.165, 1.54) is 0 Å². The molecule has 1 aromatic rings. The lowest BCUT2D eigenvalue weighted by Crippen LogP contribution is -2.26. The zero-order valence-corrected chi connectivity index (χ0v) is 8.32. The van der Waals surface area contributed by atoms with Crippen LogP contribution in [0.15, 0.2) is 12.4 Å². The van der Waals surface area contributed by atoms with Gasteiger partial charge in [-0.3, -0.25) is 0 Å². The fourth-order valence-corrected chi connectivity index (χ4v) is 1.40. The second-order valence-electron chi connectivity index (χ2n) is 3.81. The molecule has 1 aliphatic rings. The van der Waals surface area contributed by atoms with E-state index in [0.29, 0.717) is 0 Å². The van der Waals surface area contributed by atoms with Crippen LogP contribution in [-0.4, -0.2) is 27.2 Å². The summed E-state index contributed by atoms with van der Waals surface area (Å²) in [7, 11) is 0. The Morgan fingerprint density at radius 1 is 1.50 bits per heavy atom. The van der Waals surface area contributed by atoms with Gasteiger partial charge in [-0.2, -0.15) is 0 Å². The van der Waals surface area contributed by atoms with Crippen LogP contribution in [-0.2, 0) is 6.42 Å². The first-order valence-corrected chi connectivity index (χ1v) is 4.98. The Hall–Kier alpha value is -1.16. The molecule has 1 fully saturated rings. The second kappa shape index (κ2) is 3.53. The summed E-state index contributed by atoms with van der Waals surface area (Å²) in [5, 5.41) is 12.4. The van der Waals surface area contributed by atoms with Crippen LogP contribution in [0.5, 0.6) is 0 Å². The molecule has 0 aliphatic heterocycles. The fourth-order valence-electron chi connectivity index (χ4n) is 1.40. The number of anilines is 1. The summed E-state index contributed by atoms with van der Waals surface area (Å²) in [6.45, 7) is 2.24. The van der Waals surface area contributed by atoms with Gasteiger partial charge in [0.1, 0.15) is 12.1 Å². The molecule has 0 aromatic carbocycles. The molecule has 2 N–H and O–H groups in total. The van der Waals surface area contributed by atoms with Gasteiger partial charge in [-0.05, 0) is 19.3 Å². The third-order valence-electron chi connectivity index (χ3n) is 2.64. The van der Waals surface area contributed by atoms with Crippen LogP contribution in [0.25, 0.3) is 0 Å². The SMILES string of the molecule is CCc1cc(NC2(CO)CC2)ncn1. The molecule has 0 saturated heterocycles. The van der Waals surface area contributed by atoms with Gasteiger partial charge < -0.3 is 10.4 Å². The van der Waals surface area contributed by atoms with E-state index in [0.717, 1.165) is 30.8 Å². The van der Waals surface area contributed by atoms with Gasteiger partial charge in [0.2, 0.25) is 0 Å². The van der Waals surface area contributed by atoms with Crippen molar-refractivity contribution in [2.45, 2.75) is 31.7 Å². The van der Waals surface area contributed by atoms with Gasteiger partial charge in [-0.1, -0.05) is 6.92 Å². The normalized spacial score (nSPS) is 17.9. The van der Waals surface area contributed by atoms with E-state index in [4.69, 9.17) is 5.11 Å². The zero-order valence-electron chi connectivity index (χ0n) is 8.32. The summed E-state index contributed by atoms with van der Waals surface area (Å²) in [6.07, 6.45) is 4.52. The van der Waals surface area contributed by atoms with Crippen molar-refractivity contribution >= 4 is 5.82 Å². The minimum atomic E-state index is -0.0979. The third-order valence-corrected chi connectivity index (χ3v) is 2.64. The van der Waals surface area contributed by atoms with E-state index in [-0.39, 0.29) is 12.1 Å². The second-order valence-corrected chi connectivity index (χ2v) is 3.81. The Labute approximate surface area is 83.4 Å². The molecule has 1 saturated carbocycles. The van der Waals surface area contributed by atoms with E-state index in [9.17, 15) is 0 Å². The highest BCUT2D eigenvalue weighted by atomic mass is 16.3. The van der Waals surface area contributed by atoms with E-state index in [1.807, 2.05) is 6.07 Å². The Kier molecular flexibility index (Phi) is 2.37. The first-order valence-electron chi connectivity index (χ1n) is 4.98. The van der Waals surface area contributed by atoms with Crippen molar-refractivity contribution in [3.05, 3.63) is 18.1 Å². The van der Waals surface area contributed by atoms with E-state index in [1.54, 1.807) is 6.33 Å². The number of nitrogens with one attached hydrogen (secondary N) is 1. The quantitative estimate of drug-likeness (QED) is 0.748. The first-order chi connectivity index (χ1) is 6.78. The number of aromatic nitrogens is 2. The number of rotatable bonds is 4. The highest BCUT2D eigenvalue weighted by molar-refractivity contribution is 5.40. The molecule has 4 nitrogen and oxygen atoms in total. The molecule has 2 rings (SSSR count). The van der Waals surface area contributed by atoms with Crippen LogP contribution in [0.2, 0.25) is 0 Å². The average Bonchev–Trinajstić information content (AvgIpc) is 2.99. The van der Waals surface area contributed by atoms with E-state index >= 15 is 0 Å². The van der Waals surface area contributed by atoms with Crippen molar-refractivity contribution in [3.8, 4) is 0 Å². The Morgan fingerprint density at radius 3 is 2.86 bits per heavy atom. The fraction of sp³-hybridized carbons (Fsp3) is 0.600. The minimum absolute atomic E-state index is 0.0979. The van der Waals surface area contributed by atoms with Gasteiger partial charge in [0.05, 0.1) is 12.1 Å². The molecule has 0 amide bonds. The minimum Gasteiger partial charge on any atom is -0.394 e. The average molecular weight is 193 g/mol. The van der Waals surface area contributed by atoms with Crippen LogP contribution >= 0.6 is 0 Å². The molecule has 1 heterocycles. The maximum absolute atomic E-state index is 9.14. The molecular formula is C10H15N3O. The number of hydrogen-bond donors (Lipinski definition) is 2. The van der Waals surface area contributed by atoms with Crippen molar-refractivity contribution in [1.29, 1.82) is 0 Å². The maximum Gasteiger partial charge on any atom is 0.130 e. The summed E-state index contributed by atoms with van der Waals surface area (Å²) in [4.78, 5) is 8.25. The van der Waals surface area contributed by atoms with Crippen LogP contribution in [0.4, 0.5) is 5.82 Å². The molecule has 0 bridgehead atoms. The van der Waals surface area contributed by atoms with Crippen molar-refractivity contribution in [3.63, 3.8) is 0 Å². The smallest absolute Gasteiger partial charge is 0.130 e. The van der Waals surface area contributed by atoms with Crippen LogP contribution in [0, 0.1) is 0 Å². The third kappa shape index (κ3) is 1.85. The van der Waals surface area contributed by atoms with Gasteiger partial charge in [0.25, 0.3) is 0 Å². The molecule has 0 radical (unpaired) electrons. The number of hydrogen-bond acceptors (Lipinski definition) is 4. The lowest BCUT2D eigenvalue weighted by atomic mass is 10.2. The van der Waals surface area contributed by atoms with Crippen LogP contribution < -0.4 is 5.32 Å². The van der Waals surface area contributed by atoms with E-state index in [2.05, 4.69) is 22.2 Å². The molecular weight excluding hydrogens is 178 g/mol. The van der Waals surface area contributed by atoms with Crippen LogP contribution in [0.1, 0.15) is 25.5 Å². The Bertz CT molecular complexity index is 323. The van der Waals surface area contributed by atoms with E-state index < -0.39 is 0 Å². The number of aryl methyl sites for hydroxylation is 1. The monoisotopic (exact) mass is 193 g/mol. The summed E-state index contributed by atoms with van der Waals surface area (Å²) >= 11 is 0. The molecule has 14 heavy (non-hydrogen) atoms. The zero-order chi connectivity index (χ0) is 10.0. The number of aliphatic hydroxyl groups excluding tert-OH is 1. The first kappa shape index (κ1) is 9.40. The lowest BCUT2D eigenvalue weighted by molar-refractivity contribution is 0.266. The topological polar surface area (TPSA) is 58.0 Å². The summed E-state index contributed by atoms with van der Waals surface area (Å²) in [6, 6.07) is 1.94. The molecule has 0 atom stereocenters. The van der Waals surface area contributed by atoms with Gasteiger partial charge in [-0.25, -0.2) is 9.97 Å². The Balaban J connectivity index is 2.09. The van der Waals surface area contributed by atoms with Crippen molar-refractivity contribution < 1.29 is 5.11 Å². The van der Waals surface area contributed by atoms with Crippen molar-refractivity contribution in [1.82, 2.24) is 9.97 Å². The van der Waals surface area contributed by atoms with Gasteiger partial charge in [-0.15, -0.1) is 0 Å². The molecule has 0 unspecified atom stereocenters. The Morgan fingerprint density at radius 2 is 2.29 bits per heavy atom. The molecule has 76 valence electrons. The van der Waals surface area contributed by atoms with Gasteiger partial charge in [0, 0.05) is 11.8 Å². The predicted octanol–water partition coefficient (Wildman–Crippen LogP) is 0.976. The summed E-state index contributed by atoms with van der Waals surface area (Å²) < 4.78 is 0. The molecule has 1 aliphatic carbocycles. The maximum atomic E-state index is 9.14. The van der Waals surface area contributed by atoms with Gasteiger partial charge in [0.15, 0.2) is 0 Å². The predicted molar refractivity (Wildman–Crippen MR) is 54.1 cm³/mol. The molecule has 0 spiro atoms.